The number of aliphatic hydroxyl groups excluding tert-OH is 3. The molecule has 0 aliphatic carbocycles. The van der Waals surface area contributed by atoms with Crippen LogP contribution < -0.4 is 0 Å². The van der Waals surface area contributed by atoms with Gasteiger partial charge in [-0.25, -0.2) is 0 Å². The van der Waals surface area contributed by atoms with E-state index in [1.807, 2.05) is 30.3 Å². The Bertz CT molecular complexity index is 338. The highest BCUT2D eigenvalue weighted by Gasteiger charge is 2.35. The van der Waals surface area contributed by atoms with Crippen LogP contribution in [-0.2, 0) is 9.47 Å². The van der Waals surface area contributed by atoms with Crippen molar-refractivity contribution in [3.63, 3.8) is 0 Å². The van der Waals surface area contributed by atoms with Crippen LogP contribution in [0.5, 0.6) is 0 Å². The summed E-state index contributed by atoms with van der Waals surface area (Å²) in [6, 6.07) is 9.26. The lowest BCUT2D eigenvalue weighted by molar-refractivity contribution is -0.277. The SMILES string of the molecule is OC[C@@H](O)[C@@H]1O[C@@H](c2ccccc2)OC[C@@H]1O. The Hall–Kier alpha value is -0.980. The molecule has 0 aromatic heterocycles. The van der Waals surface area contributed by atoms with E-state index in [0.717, 1.165) is 5.56 Å². The van der Waals surface area contributed by atoms with Gasteiger partial charge >= 0.3 is 0 Å². The molecule has 0 spiro atoms. The van der Waals surface area contributed by atoms with Gasteiger partial charge in [0.15, 0.2) is 6.29 Å². The van der Waals surface area contributed by atoms with Crippen LogP contribution in [0.3, 0.4) is 0 Å². The summed E-state index contributed by atoms with van der Waals surface area (Å²) in [5.74, 6) is 0. The second kappa shape index (κ2) is 5.57. The second-order valence-electron chi connectivity index (χ2n) is 3.99. The Morgan fingerprint density at radius 3 is 2.65 bits per heavy atom. The monoisotopic (exact) mass is 240 g/mol. The molecule has 0 saturated carbocycles. The van der Waals surface area contributed by atoms with Crippen molar-refractivity contribution in [2.75, 3.05) is 13.2 Å². The number of hydrogen-bond acceptors (Lipinski definition) is 5. The van der Waals surface area contributed by atoms with Gasteiger partial charge in [-0.15, -0.1) is 0 Å². The fourth-order valence-corrected chi connectivity index (χ4v) is 1.79. The van der Waals surface area contributed by atoms with E-state index in [9.17, 15) is 10.2 Å². The van der Waals surface area contributed by atoms with Crippen LogP contribution >= 0.6 is 0 Å². The molecule has 17 heavy (non-hydrogen) atoms. The first-order valence-corrected chi connectivity index (χ1v) is 5.51. The molecule has 1 aliphatic rings. The quantitative estimate of drug-likeness (QED) is 0.682. The largest absolute Gasteiger partial charge is 0.394 e. The third-order valence-electron chi connectivity index (χ3n) is 2.72. The first-order valence-electron chi connectivity index (χ1n) is 5.51. The van der Waals surface area contributed by atoms with Gasteiger partial charge in [0.2, 0.25) is 0 Å². The third-order valence-corrected chi connectivity index (χ3v) is 2.72. The van der Waals surface area contributed by atoms with Gasteiger partial charge in [-0.2, -0.15) is 0 Å². The normalized spacial score (nSPS) is 31.1. The predicted molar refractivity (Wildman–Crippen MR) is 59.1 cm³/mol. The number of hydrogen-bond donors (Lipinski definition) is 3. The summed E-state index contributed by atoms with van der Waals surface area (Å²) in [6.45, 7) is -0.384. The van der Waals surface area contributed by atoms with Crippen molar-refractivity contribution >= 4 is 0 Å². The number of benzene rings is 1. The number of aliphatic hydroxyl groups is 3. The van der Waals surface area contributed by atoms with Crippen LogP contribution in [-0.4, -0.2) is 46.8 Å². The Balaban J connectivity index is 2.08. The maximum absolute atomic E-state index is 9.61. The van der Waals surface area contributed by atoms with Crippen LogP contribution in [0.15, 0.2) is 30.3 Å². The van der Waals surface area contributed by atoms with Crippen LogP contribution in [0.1, 0.15) is 11.9 Å². The van der Waals surface area contributed by atoms with E-state index in [0.29, 0.717) is 0 Å². The lowest BCUT2D eigenvalue weighted by atomic mass is 10.1. The van der Waals surface area contributed by atoms with Gasteiger partial charge in [0.25, 0.3) is 0 Å². The second-order valence-corrected chi connectivity index (χ2v) is 3.99. The zero-order valence-electron chi connectivity index (χ0n) is 9.27. The van der Waals surface area contributed by atoms with E-state index in [2.05, 4.69) is 0 Å². The van der Waals surface area contributed by atoms with Gasteiger partial charge in [-0.05, 0) is 0 Å². The molecule has 2 rings (SSSR count). The first kappa shape index (κ1) is 12.5. The summed E-state index contributed by atoms with van der Waals surface area (Å²) in [7, 11) is 0. The lowest BCUT2D eigenvalue weighted by Gasteiger charge is -2.36. The van der Waals surface area contributed by atoms with Gasteiger partial charge in [-0.3, -0.25) is 0 Å². The van der Waals surface area contributed by atoms with Crippen molar-refractivity contribution in [2.45, 2.75) is 24.6 Å². The molecule has 1 fully saturated rings. The summed E-state index contributed by atoms with van der Waals surface area (Å²) in [5, 5.41) is 28.0. The van der Waals surface area contributed by atoms with Gasteiger partial charge in [-0.1, -0.05) is 30.3 Å². The Morgan fingerprint density at radius 1 is 1.29 bits per heavy atom. The molecule has 1 aliphatic heterocycles. The van der Waals surface area contributed by atoms with Crippen LogP contribution in [0, 0.1) is 0 Å². The molecule has 1 aromatic rings. The molecule has 1 heterocycles. The van der Waals surface area contributed by atoms with E-state index in [-0.39, 0.29) is 6.61 Å². The highest BCUT2D eigenvalue weighted by molar-refractivity contribution is 5.16. The van der Waals surface area contributed by atoms with Gasteiger partial charge in [0.05, 0.1) is 13.2 Å². The molecule has 1 aromatic carbocycles. The zero-order valence-corrected chi connectivity index (χ0v) is 9.27. The van der Waals surface area contributed by atoms with Crippen molar-refractivity contribution in [1.82, 2.24) is 0 Å². The molecule has 5 heteroatoms. The molecule has 4 atom stereocenters. The summed E-state index contributed by atoms with van der Waals surface area (Å²) < 4.78 is 10.8. The highest BCUT2D eigenvalue weighted by Crippen LogP contribution is 2.27. The van der Waals surface area contributed by atoms with E-state index < -0.39 is 31.2 Å². The first-order chi connectivity index (χ1) is 8.22. The Labute approximate surface area is 99.2 Å². The Kier molecular flexibility index (Phi) is 4.09. The molecule has 0 unspecified atom stereocenters. The van der Waals surface area contributed by atoms with Crippen molar-refractivity contribution in [3.05, 3.63) is 35.9 Å². The highest BCUT2D eigenvalue weighted by atomic mass is 16.7. The number of rotatable bonds is 3. The van der Waals surface area contributed by atoms with Crippen LogP contribution in [0.25, 0.3) is 0 Å². The topological polar surface area (TPSA) is 79.2 Å². The maximum Gasteiger partial charge on any atom is 0.184 e. The van der Waals surface area contributed by atoms with Crippen molar-refractivity contribution < 1.29 is 24.8 Å². The van der Waals surface area contributed by atoms with Gasteiger partial charge in [0, 0.05) is 5.56 Å². The van der Waals surface area contributed by atoms with Gasteiger partial charge in [0.1, 0.15) is 18.3 Å². The minimum Gasteiger partial charge on any atom is -0.394 e. The maximum atomic E-state index is 9.61. The zero-order chi connectivity index (χ0) is 12.3. The molecular formula is C12H16O5. The van der Waals surface area contributed by atoms with Crippen molar-refractivity contribution in [2.24, 2.45) is 0 Å². The van der Waals surface area contributed by atoms with Gasteiger partial charge < -0.3 is 24.8 Å². The van der Waals surface area contributed by atoms with Crippen molar-refractivity contribution in [1.29, 1.82) is 0 Å². The van der Waals surface area contributed by atoms with E-state index in [1.54, 1.807) is 0 Å². The third kappa shape index (κ3) is 2.83. The molecule has 94 valence electrons. The molecule has 3 N–H and O–H groups in total. The average molecular weight is 240 g/mol. The molecule has 0 bridgehead atoms. The van der Waals surface area contributed by atoms with Crippen LogP contribution in [0.4, 0.5) is 0 Å². The standard InChI is InChI=1S/C12H16O5/c13-6-9(14)11-10(15)7-16-12(17-11)8-4-2-1-3-5-8/h1-5,9-15H,6-7H2/t9-,10+,11+,12+/m1/s1. The summed E-state index contributed by atoms with van der Waals surface area (Å²) in [6.07, 6.45) is -3.50. The molecular weight excluding hydrogens is 224 g/mol. The lowest BCUT2D eigenvalue weighted by Crippen LogP contribution is -2.48. The fourth-order valence-electron chi connectivity index (χ4n) is 1.79. The summed E-state index contributed by atoms with van der Waals surface area (Å²) in [4.78, 5) is 0. The summed E-state index contributed by atoms with van der Waals surface area (Å²) in [5.41, 5.74) is 0.814. The van der Waals surface area contributed by atoms with E-state index in [4.69, 9.17) is 14.6 Å². The predicted octanol–water partition coefficient (Wildman–Crippen LogP) is -0.185. The fraction of sp³-hybridized carbons (Fsp3) is 0.500. The molecule has 0 radical (unpaired) electrons. The molecule has 0 amide bonds. The average Bonchev–Trinajstić information content (AvgIpc) is 2.39. The van der Waals surface area contributed by atoms with Crippen LogP contribution in [0.2, 0.25) is 0 Å². The summed E-state index contributed by atoms with van der Waals surface area (Å²) >= 11 is 0. The van der Waals surface area contributed by atoms with E-state index >= 15 is 0 Å². The smallest absolute Gasteiger partial charge is 0.184 e. The van der Waals surface area contributed by atoms with E-state index in [1.165, 1.54) is 0 Å². The minimum absolute atomic E-state index is 0.0707. The Morgan fingerprint density at radius 2 is 2.00 bits per heavy atom. The molecule has 1 saturated heterocycles. The van der Waals surface area contributed by atoms with Crippen molar-refractivity contribution in [3.8, 4) is 0 Å². The molecule has 5 nitrogen and oxygen atoms in total. The number of ether oxygens (including phenoxy) is 2. The minimum atomic E-state index is -1.11.